The molecule has 1 saturated heterocycles. The molecule has 5 nitrogen and oxygen atoms in total. The van der Waals surface area contributed by atoms with E-state index in [1.54, 1.807) is 18.2 Å². The third-order valence-corrected chi connectivity index (χ3v) is 4.10. The molecule has 2 rings (SSSR count). The lowest BCUT2D eigenvalue weighted by molar-refractivity contribution is -0.384. The summed E-state index contributed by atoms with van der Waals surface area (Å²) >= 11 is 0. The van der Waals surface area contributed by atoms with Crippen LogP contribution in [0.2, 0.25) is 0 Å². The van der Waals surface area contributed by atoms with Crippen LogP contribution in [0.3, 0.4) is 0 Å². The Kier molecular flexibility index (Phi) is 5.70. The van der Waals surface area contributed by atoms with Crippen molar-refractivity contribution >= 4 is 5.69 Å². The van der Waals surface area contributed by atoms with E-state index in [-0.39, 0.29) is 10.6 Å². The fourth-order valence-electron chi connectivity index (χ4n) is 2.82. The van der Waals surface area contributed by atoms with Crippen molar-refractivity contribution < 1.29 is 4.92 Å². The molecular formula is C16H25N3O2. The zero-order chi connectivity index (χ0) is 15.2. The number of non-ortho nitro benzene ring substituents is 1. The largest absolute Gasteiger partial charge is 0.313 e. The standard InChI is InChI=1S/C16H25N3O2/c1-13(2)18(12-15-7-3-4-9-17-15)11-14-6-5-8-16(10-14)19(20)21/h5-6,8,10,13,15,17H,3-4,7,9,11-12H2,1-2H3. The first-order valence-electron chi connectivity index (χ1n) is 7.77. The summed E-state index contributed by atoms with van der Waals surface area (Å²) in [6.45, 7) is 7.23. The first-order valence-corrected chi connectivity index (χ1v) is 7.77. The van der Waals surface area contributed by atoms with Gasteiger partial charge in [0.25, 0.3) is 5.69 Å². The maximum atomic E-state index is 10.9. The van der Waals surface area contributed by atoms with Gasteiger partial charge in [0.1, 0.15) is 0 Å². The quantitative estimate of drug-likeness (QED) is 0.646. The zero-order valence-corrected chi connectivity index (χ0v) is 12.9. The summed E-state index contributed by atoms with van der Waals surface area (Å²) in [5.74, 6) is 0. The van der Waals surface area contributed by atoms with Gasteiger partial charge in [0.15, 0.2) is 0 Å². The van der Waals surface area contributed by atoms with Gasteiger partial charge in [-0.15, -0.1) is 0 Å². The monoisotopic (exact) mass is 291 g/mol. The molecule has 1 heterocycles. The van der Waals surface area contributed by atoms with E-state index < -0.39 is 0 Å². The molecule has 0 radical (unpaired) electrons. The van der Waals surface area contributed by atoms with Gasteiger partial charge in [0.2, 0.25) is 0 Å². The molecule has 1 aromatic rings. The fourth-order valence-corrected chi connectivity index (χ4v) is 2.82. The lowest BCUT2D eigenvalue weighted by Crippen LogP contribution is -2.45. The van der Waals surface area contributed by atoms with Gasteiger partial charge in [0.05, 0.1) is 4.92 Å². The summed E-state index contributed by atoms with van der Waals surface area (Å²) in [6, 6.07) is 7.93. The maximum Gasteiger partial charge on any atom is 0.269 e. The molecule has 0 spiro atoms. The topological polar surface area (TPSA) is 58.4 Å². The molecule has 0 amide bonds. The molecule has 0 saturated carbocycles. The molecule has 1 aromatic carbocycles. The number of hydrogen-bond donors (Lipinski definition) is 1. The Morgan fingerprint density at radius 3 is 2.86 bits per heavy atom. The summed E-state index contributed by atoms with van der Waals surface area (Å²) in [6.07, 6.45) is 3.78. The first-order chi connectivity index (χ1) is 10.1. The number of nitrogens with zero attached hydrogens (tertiary/aromatic N) is 2. The van der Waals surface area contributed by atoms with Gasteiger partial charge in [-0.2, -0.15) is 0 Å². The van der Waals surface area contributed by atoms with E-state index in [0.717, 1.165) is 25.2 Å². The van der Waals surface area contributed by atoms with Crippen molar-refractivity contribution in [2.45, 2.75) is 51.7 Å². The summed E-state index contributed by atoms with van der Waals surface area (Å²) in [7, 11) is 0. The third-order valence-electron chi connectivity index (χ3n) is 4.10. The zero-order valence-electron chi connectivity index (χ0n) is 12.9. The smallest absolute Gasteiger partial charge is 0.269 e. The Bertz CT molecular complexity index is 470. The summed E-state index contributed by atoms with van der Waals surface area (Å²) in [5.41, 5.74) is 1.18. The van der Waals surface area contributed by atoms with Crippen LogP contribution >= 0.6 is 0 Å². The van der Waals surface area contributed by atoms with Crippen molar-refractivity contribution in [1.29, 1.82) is 0 Å². The van der Waals surface area contributed by atoms with Crippen LogP contribution in [0.5, 0.6) is 0 Å². The molecule has 0 aromatic heterocycles. The second kappa shape index (κ2) is 7.52. The van der Waals surface area contributed by atoms with Crippen LogP contribution in [0.15, 0.2) is 24.3 Å². The second-order valence-electron chi connectivity index (χ2n) is 6.10. The molecule has 0 aliphatic carbocycles. The van der Waals surface area contributed by atoms with E-state index in [2.05, 4.69) is 24.1 Å². The highest BCUT2D eigenvalue weighted by molar-refractivity contribution is 5.34. The Labute approximate surface area is 126 Å². The van der Waals surface area contributed by atoms with Crippen LogP contribution in [0, 0.1) is 10.1 Å². The minimum absolute atomic E-state index is 0.173. The Balaban J connectivity index is 2.01. The second-order valence-corrected chi connectivity index (χ2v) is 6.10. The molecule has 5 heteroatoms. The number of nitro benzene ring substituents is 1. The fraction of sp³-hybridized carbons (Fsp3) is 0.625. The highest BCUT2D eigenvalue weighted by Gasteiger charge is 2.19. The lowest BCUT2D eigenvalue weighted by atomic mass is 10.0. The number of nitro groups is 1. The minimum Gasteiger partial charge on any atom is -0.313 e. The molecule has 1 N–H and O–H groups in total. The molecule has 1 aliphatic rings. The predicted molar refractivity (Wildman–Crippen MR) is 84.3 cm³/mol. The van der Waals surface area contributed by atoms with E-state index in [4.69, 9.17) is 0 Å². The van der Waals surface area contributed by atoms with Crippen LogP contribution in [0.25, 0.3) is 0 Å². The number of benzene rings is 1. The van der Waals surface area contributed by atoms with Crippen molar-refractivity contribution in [1.82, 2.24) is 10.2 Å². The number of hydrogen-bond acceptors (Lipinski definition) is 4. The first kappa shape index (κ1) is 15.9. The Morgan fingerprint density at radius 1 is 1.43 bits per heavy atom. The number of nitrogens with one attached hydrogen (secondary N) is 1. The molecular weight excluding hydrogens is 266 g/mol. The lowest BCUT2D eigenvalue weighted by Gasteiger charge is -2.33. The molecule has 0 bridgehead atoms. The Hall–Kier alpha value is -1.46. The van der Waals surface area contributed by atoms with Crippen LogP contribution in [0.1, 0.15) is 38.7 Å². The van der Waals surface area contributed by atoms with Crippen LogP contribution < -0.4 is 5.32 Å². The molecule has 1 atom stereocenters. The van der Waals surface area contributed by atoms with Gasteiger partial charge >= 0.3 is 0 Å². The van der Waals surface area contributed by atoms with Crippen molar-refractivity contribution in [2.24, 2.45) is 0 Å². The normalized spacial score (nSPS) is 19.1. The van der Waals surface area contributed by atoms with Crippen molar-refractivity contribution in [3.63, 3.8) is 0 Å². The van der Waals surface area contributed by atoms with Crippen molar-refractivity contribution in [2.75, 3.05) is 13.1 Å². The molecule has 1 unspecified atom stereocenters. The van der Waals surface area contributed by atoms with Crippen molar-refractivity contribution in [3.05, 3.63) is 39.9 Å². The van der Waals surface area contributed by atoms with E-state index in [1.807, 2.05) is 6.07 Å². The average Bonchev–Trinajstić information content (AvgIpc) is 2.48. The van der Waals surface area contributed by atoms with Crippen molar-refractivity contribution in [3.8, 4) is 0 Å². The van der Waals surface area contributed by atoms with Gasteiger partial charge in [-0.25, -0.2) is 0 Å². The third kappa shape index (κ3) is 4.79. The van der Waals surface area contributed by atoms with Gasteiger partial charge < -0.3 is 5.32 Å². The van der Waals surface area contributed by atoms with Gasteiger partial charge in [0, 0.05) is 37.3 Å². The molecule has 21 heavy (non-hydrogen) atoms. The summed E-state index contributed by atoms with van der Waals surface area (Å²) in [5, 5.41) is 14.4. The van der Waals surface area contributed by atoms with Gasteiger partial charge in [-0.05, 0) is 38.8 Å². The number of piperidine rings is 1. The molecule has 1 aliphatic heterocycles. The average molecular weight is 291 g/mol. The van der Waals surface area contributed by atoms with E-state index in [1.165, 1.54) is 19.3 Å². The van der Waals surface area contributed by atoms with Crippen LogP contribution in [-0.2, 0) is 6.54 Å². The van der Waals surface area contributed by atoms with Gasteiger partial charge in [-0.3, -0.25) is 15.0 Å². The maximum absolute atomic E-state index is 10.9. The molecule has 1 fully saturated rings. The highest BCUT2D eigenvalue weighted by atomic mass is 16.6. The van der Waals surface area contributed by atoms with Crippen LogP contribution in [-0.4, -0.2) is 35.0 Å². The van der Waals surface area contributed by atoms with E-state index in [0.29, 0.717) is 12.1 Å². The van der Waals surface area contributed by atoms with Gasteiger partial charge in [-0.1, -0.05) is 18.6 Å². The minimum atomic E-state index is -0.327. The summed E-state index contributed by atoms with van der Waals surface area (Å²) in [4.78, 5) is 12.9. The van der Waals surface area contributed by atoms with E-state index >= 15 is 0 Å². The molecule has 116 valence electrons. The number of rotatable bonds is 6. The van der Waals surface area contributed by atoms with Crippen LogP contribution in [0.4, 0.5) is 5.69 Å². The SMILES string of the molecule is CC(C)N(Cc1cccc([N+](=O)[O-])c1)CC1CCCCN1. The summed E-state index contributed by atoms with van der Waals surface area (Å²) < 4.78 is 0. The highest BCUT2D eigenvalue weighted by Crippen LogP contribution is 2.17. The predicted octanol–water partition coefficient (Wildman–Crippen LogP) is 2.95. The Morgan fingerprint density at radius 2 is 2.24 bits per heavy atom. The van der Waals surface area contributed by atoms with E-state index in [9.17, 15) is 10.1 Å².